The minimum Gasteiger partial charge on any atom is -0.497 e. The third kappa shape index (κ3) is 3.73. The van der Waals surface area contributed by atoms with Gasteiger partial charge in [0.15, 0.2) is 0 Å². The molecule has 0 saturated carbocycles. The maximum absolute atomic E-state index is 5.45. The molecule has 0 aliphatic carbocycles. The van der Waals surface area contributed by atoms with Crippen molar-refractivity contribution in [2.45, 2.75) is 26.4 Å². The van der Waals surface area contributed by atoms with Gasteiger partial charge < -0.3 is 14.8 Å². The van der Waals surface area contributed by atoms with Crippen LogP contribution in [0.15, 0.2) is 36.7 Å². The third-order valence-electron chi connectivity index (χ3n) is 3.64. The molecule has 2 rings (SSSR count). The Hall–Kier alpha value is -2.07. The van der Waals surface area contributed by atoms with Crippen LogP contribution in [0.4, 0.5) is 0 Å². The first-order chi connectivity index (χ1) is 10.2. The minimum atomic E-state index is 0.179. The number of hydrogen-bond acceptors (Lipinski definition) is 4. The van der Waals surface area contributed by atoms with E-state index in [-0.39, 0.29) is 6.04 Å². The Morgan fingerprint density at radius 1 is 1.19 bits per heavy atom. The Balaban J connectivity index is 2.10. The van der Waals surface area contributed by atoms with Gasteiger partial charge in [-0.05, 0) is 37.1 Å². The van der Waals surface area contributed by atoms with Gasteiger partial charge >= 0.3 is 0 Å². The SMILES string of the molecule is COc1ccc(C(C)NCc2ccncc2C)c(OC)c1. The molecule has 4 nitrogen and oxygen atoms in total. The van der Waals surface area contributed by atoms with Gasteiger partial charge in [0, 0.05) is 36.6 Å². The molecule has 0 fully saturated rings. The van der Waals surface area contributed by atoms with Crippen LogP contribution in [0, 0.1) is 6.92 Å². The second-order valence-corrected chi connectivity index (χ2v) is 5.01. The number of methoxy groups -OCH3 is 2. The molecule has 0 amide bonds. The van der Waals surface area contributed by atoms with Crippen molar-refractivity contribution >= 4 is 0 Å². The van der Waals surface area contributed by atoms with Crippen molar-refractivity contribution in [3.05, 3.63) is 53.3 Å². The predicted octanol–water partition coefficient (Wildman–Crippen LogP) is 3.26. The molecule has 1 aromatic heterocycles. The first kappa shape index (κ1) is 15.3. The first-order valence-corrected chi connectivity index (χ1v) is 7.00. The molecule has 21 heavy (non-hydrogen) atoms. The maximum Gasteiger partial charge on any atom is 0.127 e. The van der Waals surface area contributed by atoms with Crippen molar-refractivity contribution in [3.63, 3.8) is 0 Å². The van der Waals surface area contributed by atoms with Crippen LogP contribution < -0.4 is 14.8 Å². The number of nitrogens with zero attached hydrogens (tertiary/aromatic N) is 1. The van der Waals surface area contributed by atoms with Crippen molar-refractivity contribution in [2.75, 3.05) is 14.2 Å². The van der Waals surface area contributed by atoms with Crippen molar-refractivity contribution in [1.29, 1.82) is 0 Å². The van der Waals surface area contributed by atoms with Crippen LogP contribution >= 0.6 is 0 Å². The molecule has 0 bridgehead atoms. The fourth-order valence-electron chi connectivity index (χ4n) is 2.25. The highest BCUT2D eigenvalue weighted by Gasteiger charge is 2.12. The van der Waals surface area contributed by atoms with Crippen molar-refractivity contribution in [2.24, 2.45) is 0 Å². The summed E-state index contributed by atoms with van der Waals surface area (Å²) in [6.07, 6.45) is 3.71. The van der Waals surface area contributed by atoms with Crippen LogP contribution in [-0.4, -0.2) is 19.2 Å². The molecular formula is C17H22N2O2. The summed E-state index contributed by atoms with van der Waals surface area (Å²) in [5, 5.41) is 3.52. The van der Waals surface area contributed by atoms with E-state index in [1.807, 2.05) is 36.7 Å². The van der Waals surface area contributed by atoms with Crippen LogP contribution in [0.5, 0.6) is 11.5 Å². The van der Waals surface area contributed by atoms with Gasteiger partial charge in [-0.15, -0.1) is 0 Å². The lowest BCUT2D eigenvalue weighted by molar-refractivity contribution is 0.385. The third-order valence-corrected chi connectivity index (χ3v) is 3.64. The summed E-state index contributed by atoms with van der Waals surface area (Å²) >= 11 is 0. The fraction of sp³-hybridized carbons (Fsp3) is 0.353. The van der Waals surface area contributed by atoms with Gasteiger partial charge in [-0.3, -0.25) is 4.98 Å². The highest BCUT2D eigenvalue weighted by Crippen LogP contribution is 2.29. The zero-order valence-electron chi connectivity index (χ0n) is 13.0. The lowest BCUT2D eigenvalue weighted by Crippen LogP contribution is -2.19. The molecule has 4 heteroatoms. The van der Waals surface area contributed by atoms with E-state index in [0.29, 0.717) is 0 Å². The lowest BCUT2D eigenvalue weighted by atomic mass is 10.1. The normalized spacial score (nSPS) is 12.0. The molecule has 112 valence electrons. The number of pyridine rings is 1. The number of rotatable bonds is 6. The molecule has 1 heterocycles. The minimum absolute atomic E-state index is 0.179. The van der Waals surface area contributed by atoms with E-state index in [0.717, 1.165) is 23.6 Å². The van der Waals surface area contributed by atoms with Crippen molar-refractivity contribution < 1.29 is 9.47 Å². The molecule has 1 unspecified atom stereocenters. The maximum atomic E-state index is 5.45. The molecule has 1 N–H and O–H groups in total. The molecule has 0 saturated heterocycles. The summed E-state index contributed by atoms with van der Waals surface area (Å²) < 4.78 is 10.7. The van der Waals surface area contributed by atoms with Gasteiger partial charge in [0.05, 0.1) is 14.2 Å². The molecule has 2 aromatic rings. The van der Waals surface area contributed by atoms with Gasteiger partial charge in [-0.25, -0.2) is 0 Å². The van der Waals surface area contributed by atoms with Gasteiger partial charge in [-0.1, -0.05) is 6.07 Å². The Morgan fingerprint density at radius 3 is 2.67 bits per heavy atom. The molecule has 0 spiro atoms. The van der Waals surface area contributed by atoms with Gasteiger partial charge in [-0.2, -0.15) is 0 Å². The number of aryl methyl sites for hydroxylation is 1. The number of nitrogens with one attached hydrogen (secondary N) is 1. The number of ether oxygens (including phenoxy) is 2. The quantitative estimate of drug-likeness (QED) is 0.885. The van der Waals surface area contributed by atoms with E-state index in [2.05, 4.69) is 24.1 Å². The first-order valence-electron chi connectivity index (χ1n) is 7.00. The monoisotopic (exact) mass is 286 g/mol. The average molecular weight is 286 g/mol. The zero-order chi connectivity index (χ0) is 15.2. The average Bonchev–Trinajstić information content (AvgIpc) is 2.53. The van der Waals surface area contributed by atoms with E-state index in [1.54, 1.807) is 14.2 Å². The van der Waals surface area contributed by atoms with E-state index in [1.165, 1.54) is 11.1 Å². The highest BCUT2D eigenvalue weighted by atomic mass is 16.5. The number of aromatic nitrogens is 1. The predicted molar refractivity (Wildman–Crippen MR) is 83.8 cm³/mol. The Bertz CT molecular complexity index is 599. The Labute approximate surface area is 126 Å². The standard InChI is InChI=1S/C17H22N2O2/c1-12-10-18-8-7-14(12)11-19-13(2)16-6-5-15(20-3)9-17(16)21-4/h5-10,13,19H,11H2,1-4H3. The van der Waals surface area contributed by atoms with Crippen LogP contribution in [0.2, 0.25) is 0 Å². The summed E-state index contributed by atoms with van der Waals surface area (Å²) in [4.78, 5) is 4.11. The number of benzene rings is 1. The van der Waals surface area contributed by atoms with Gasteiger partial charge in [0.2, 0.25) is 0 Å². The van der Waals surface area contributed by atoms with Crippen LogP contribution in [0.25, 0.3) is 0 Å². The fourth-order valence-corrected chi connectivity index (χ4v) is 2.25. The molecule has 0 aliphatic rings. The molecule has 0 radical (unpaired) electrons. The van der Waals surface area contributed by atoms with Crippen LogP contribution in [0.1, 0.15) is 29.7 Å². The molecule has 1 aromatic carbocycles. The topological polar surface area (TPSA) is 43.4 Å². The summed E-state index contributed by atoms with van der Waals surface area (Å²) in [5.41, 5.74) is 3.56. The number of hydrogen-bond donors (Lipinski definition) is 1. The van der Waals surface area contributed by atoms with E-state index < -0.39 is 0 Å². The van der Waals surface area contributed by atoms with Crippen LogP contribution in [0.3, 0.4) is 0 Å². The zero-order valence-corrected chi connectivity index (χ0v) is 13.0. The van der Waals surface area contributed by atoms with E-state index >= 15 is 0 Å². The summed E-state index contributed by atoms with van der Waals surface area (Å²) in [6, 6.07) is 8.12. The van der Waals surface area contributed by atoms with Crippen molar-refractivity contribution in [1.82, 2.24) is 10.3 Å². The molecular weight excluding hydrogens is 264 g/mol. The van der Waals surface area contributed by atoms with Crippen molar-refractivity contribution in [3.8, 4) is 11.5 Å². The summed E-state index contributed by atoms with van der Waals surface area (Å²) in [5.74, 6) is 1.63. The Morgan fingerprint density at radius 2 is 2.00 bits per heavy atom. The van der Waals surface area contributed by atoms with Gasteiger partial charge in [0.1, 0.15) is 11.5 Å². The Kier molecular flexibility index (Phi) is 5.17. The molecule has 0 aliphatic heterocycles. The van der Waals surface area contributed by atoms with Crippen LogP contribution in [-0.2, 0) is 6.54 Å². The van der Waals surface area contributed by atoms with E-state index in [9.17, 15) is 0 Å². The second kappa shape index (κ2) is 7.09. The summed E-state index contributed by atoms with van der Waals surface area (Å²) in [6.45, 7) is 4.99. The summed E-state index contributed by atoms with van der Waals surface area (Å²) in [7, 11) is 3.33. The lowest BCUT2D eigenvalue weighted by Gasteiger charge is -2.18. The van der Waals surface area contributed by atoms with Gasteiger partial charge in [0.25, 0.3) is 0 Å². The van der Waals surface area contributed by atoms with E-state index in [4.69, 9.17) is 9.47 Å². The molecule has 1 atom stereocenters. The highest BCUT2D eigenvalue weighted by molar-refractivity contribution is 5.42. The smallest absolute Gasteiger partial charge is 0.127 e. The largest absolute Gasteiger partial charge is 0.497 e. The second-order valence-electron chi connectivity index (χ2n) is 5.01.